The van der Waals surface area contributed by atoms with Crippen LogP contribution in [0.3, 0.4) is 0 Å². The fourth-order valence-corrected chi connectivity index (χ4v) is 2.08. The molecular weight excluding hydrogens is 302 g/mol. The number of aromatic nitrogens is 1. The molecule has 8 heteroatoms. The van der Waals surface area contributed by atoms with Crippen molar-refractivity contribution in [1.29, 1.82) is 0 Å². The number of hydrogen-bond acceptors (Lipinski definition) is 7. The van der Waals surface area contributed by atoms with Crippen molar-refractivity contribution in [2.75, 3.05) is 5.32 Å². The van der Waals surface area contributed by atoms with Crippen LogP contribution in [0.2, 0.25) is 0 Å². The molecule has 0 aliphatic heterocycles. The molecule has 1 fully saturated rings. The Hall–Kier alpha value is -2.90. The van der Waals surface area contributed by atoms with Crippen LogP contribution in [0.4, 0.5) is 11.4 Å². The van der Waals surface area contributed by atoms with E-state index in [1.54, 1.807) is 13.0 Å². The minimum Gasteiger partial charge on any atom is -0.454 e. The number of benzene rings is 1. The van der Waals surface area contributed by atoms with Crippen LogP contribution in [-0.2, 0) is 11.3 Å². The van der Waals surface area contributed by atoms with E-state index in [-0.39, 0.29) is 23.9 Å². The van der Waals surface area contributed by atoms with Crippen molar-refractivity contribution in [3.05, 3.63) is 51.4 Å². The molecule has 8 nitrogen and oxygen atoms in total. The molecule has 3 rings (SSSR count). The third-order valence-corrected chi connectivity index (χ3v) is 3.39. The SMILES string of the molecule is Cc1cc(COC(=O)c2ccc(NC3CC3)c([N+](=O)[O-])c2)on1. The first-order valence-electron chi connectivity index (χ1n) is 7.17. The molecule has 1 saturated carbocycles. The van der Waals surface area contributed by atoms with Gasteiger partial charge in [0.05, 0.1) is 16.2 Å². The molecule has 0 bridgehead atoms. The first-order valence-corrected chi connectivity index (χ1v) is 7.17. The van der Waals surface area contributed by atoms with Crippen LogP contribution in [0.25, 0.3) is 0 Å². The van der Waals surface area contributed by atoms with E-state index in [9.17, 15) is 14.9 Å². The molecule has 120 valence electrons. The second-order valence-corrected chi connectivity index (χ2v) is 5.42. The molecule has 0 atom stereocenters. The highest BCUT2D eigenvalue weighted by Gasteiger charge is 2.25. The first-order chi connectivity index (χ1) is 11.0. The monoisotopic (exact) mass is 317 g/mol. The molecule has 0 spiro atoms. The lowest BCUT2D eigenvalue weighted by Crippen LogP contribution is -2.08. The number of nitro groups is 1. The summed E-state index contributed by atoms with van der Waals surface area (Å²) >= 11 is 0. The molecule has 0 radical (unpaired) electrons. The molecule has 1 aliphatic carbocycles. The average Bonchev–Trinajstić information content (AvgIpc) is 3.24. The van der Waals surface area contributed by atoms with Crippen molar-refractivity contribution in [2.24, 2.45) is 0 Å². The van der Waals surface area contributed by atoms with Crippen molar-refractivity contribution in [2.45, 2.75) is 32.4 Å². The predicted octanol–water partition coefficient (Wildman–Crippen LogP) is 2.82. The number of nitrogens with zero attached hydrogens (tertiary/aromatic N) is 2. The van der Waals surface area contributed by atoms with Gasteiger partial charge in [0.25, 0.3) is 5.69 Å². The largest absolute Gasteiger partial charge is 0.454 e. The van der Waals surface area contributed by atoms with Crippen LogP contribution in [0.15, 0.2) is 28.8 Å². The van der Waals surface area contributed by atoms with E-state index in [1.807, 2.05) is 0 Å². The van der Waals surface area contributed by atoms with E-state index in [2.05, 4.69) is 10.5 Å². The van der Waals surface area contributed by atoms with Gasteiger partial charge in [-0.05, 0) is 31.9 Å². The second kappa shape index (κ2) is 6.07. The summed E-state index contributed by atoms with van der Waals surface area (Å²) in [6, 6.07) is 6.19. The van der Waals surface area contributed by atoms with E-state index >= 15 is 0 Å². The van der Waals surface area contributed by atoms with Gasteiger partial charge in [-0.1, -0.05) is 5.16 Å². The van der Waals surface area contributed by atoms with Crippen LogP contribution >= 0.6 is 0 Å². The van der Waals surface area contributed by atoms with E-state index in [0.717, 1.165) is 12.8 Å². The summed E-state index contributed by atoms with van der Waals surface area (Å²) in [4.78, 5) is 22.7. The van der Waals surface area contributed by atoms with Gasteiger partial charge in [-0.25, -0.2) is 4.79 Å². The van der Waals surface area contributed by atoms with E-state index in [4.69, 9.17) is 9.26 Å². The molecule has 2 aromatic rings. The number of hydrogen-bond donors (Lipinski definition) is 1. The molecule has 0 saturated heterocycles. The maximum atomic E-state index is 12.0. The number of esters is 1. The van der Waals surface area contributed by atoms with Crippen LogP contribution in [0.1, 0.15) is 34.7 Å². The maximum absolute atomic E-state index is 12.0. The lowest BCUT2D eigenvalue weighted by Gasteiger charge is -2.07. The van der Waals surface area contributed by atoms with E-state index in [1.165, 1.54) is 18.2 Å². The smallest absolute Gasteiger partial charge is 0.338 e. The van der Waals surface area contributed by atoms with Gasteiger partial charge in [-0.2, -0.15) is 0 Å². The van der Waals surface area contributed by atoms with Crippen molar-refractivity contribution >= 4 is 17.3 Å². The Bertz CT molecular complexity index is 751. The zero-order valence-electron chi connectivity index (χ0n) is 12.4. The Balaban J connectivity index is 1.71. The van der Waals surface area contributed by atoms with Gasteiger partial charge in [-0.3, -0.25) is 10.1 Å². The maximum Gasteiger partial charge on any atom is 0.338 e. The molecule has 0 unspecified atom stereocenters. The van der Waals surface area contributed by atoms with Crippen LogP contribution < -0.4 is 5.32 Å². The number of nitro benzene ring substituents is 1. The quantitative estimate of drug-likeness (QED) is 0.496. The van der Waals surface area contributed by atoms with Gasteiger partial charge in [-0.15, -0.1) is 0 Å². The molecule has 1 aromatic heterocycles. The average molecular weight is 317 g/mol. The van der Waals surface area contributed by atoms with Crippen molar-refractivity contribution in [1.82, 2.24) is 5.16 Å². The van der Waals surface area contributed by atoms with Crippen LogP contribution in [0.5, 0.6) is 0 Å². The molecule has 1 N–H and O–H groups in total. The Morgan fingerprint density at radius 2 is 2.26 bits per heavy atom. The van der Waals surface area contributed by atoms with Crippen LogP contribution in [-0.4, -0.2) is 22.1 Å². The van der Waals surface area contributed by atoms with Crippen molar-refractivity contribution in [3.8, 4) is 0 Å². The van der Waals surface area contributed by atoms with Gasteiger partial charge in [0.2, 0.25) is 0 Å². The highest BCUT2D eigenvalue weighted by molar-refractivity contribution is 5.91. The van der Waals surface area contributed by atoms with Crippen LogP contribution in [0, 0.1) is 17.0 Å². The topological polar surface area (TPSA) is 108 Å². The number of ether oxygens (including phenoxy) is 1. The highest BCUT2D eigenvalue weighted by atomic mass is 16.6. The highest BCUT2D eigenvalue weighted by Crippen LogP contribution is 2.31. The number of anilines is 1. The van der Waals surface area contributed by atoms with E-state index in [0.29, 0.717) is 17.1 Å². The molecule has 1 aromatic carbocycles. The standard InChI is InChI=1S/C15H15N3O5/c1-9-6-12(23-17-9)8-22-15(19)10-2-5-13(16-11-3-4-11)14(7-10)18(20)21/h2,5-7,11,16H,3-4,8H2,1H3. The van der Waals surface area contributed by atoms with E-state index < -0.39 is 10.9 Å². The minimum absolute atomic E-state index is 0.0739. The fourth-order valence-electron chi connectivity index (χ4n) is 2.08. The fraction of sp³-hybridized carbons (Fsp3) is 0.333. The summed E-state index contributed by atoms with van der Waals surface area (Å²) < 4.78 is 10.0. The summed E-state index contributed by atoms with van der Waals surface area (Å²) in [5, 5.41) is 17.9. The predicted molar refractivity (Wildman–Crippen MR) is 80.1 cm³/mol. The van der Waals surface area contributed by atoms with Crippen molar-refractivity contribution in [3.63, 3.8) is 0 Å². The summed E-state index contributed by atoms with van der Waals surface area (Å²) in [6.07, 6.45) is 2.00. The number of carbonyl (C=O) groups is 1. The second-order valence-electron chi connectivity index (χ2n) is 5.42. The normalized spacial score (nSPS) is 13.6. The molecule has 0 amide bonds. The number of nitrogens with one attached hydrogen (secondary N) is 1. The Morgan fingerprint density at radius 1 is 1.48 bits per heavy atom. The molecule has 1 heterocycles. The third-order valence-electron chi connectivity index (χ3n) is 3.39. The number of carbonyl (C=O) groups excluding carboxylic acids is 1. The lowest BCUT2D eigenvalue weighted by atomic mass is 10.1. The van der Waals surface area contributed by atoms with Gasteiger partial charge in [0.15, 0.2) is 12.4 Å². The third kappa shape index (κ3) is 3.65. The zero-order chi connectivity index (χ0) is 16.4. The Kier molecular flexibility index (Phi) is 3.96. The number of rotatable bonds is 6. The summed E-state index contributed by atoms with van der Waals surface area (Å²) in [5.74, 6) is -0.238. The van der Waals surface area contributed by atoms with Gasteiger partial charge < -0.3 is 14.6 Å². The number of aryl methyl sites for hydroxylation is 1. The van der Waals surface area contributed by atoms with Gasteiger partial charge in [0, 0.05) is 18.2 Å². The first kappa shape index (κ1) is 15.0. The summed E-state index contributed by atoms with van der Waals surface area (Å²) in [5.41, 5.74) is 1.08. The Labute approximate surface area is 131 Å². The van der Waals surface area contributed by atoms with Gasteiger partial charge in [0.1, 0.15) is 5.69 Å². The minimum atomic E-state index is -0.653. The Morgan fingerprint density at radius 3 is 2.87 bits per heavy atom. The molecule has 23 heavy (non-hydrogen) atoms. The van der Waals surface area contributed by atoms with Crippen molar-refractivity contribution < 1.29 is 19.0 Å². The lowest BCUT2D eigenvalue weighted by molar-refractivity contribution is -0.384. The summed E-state index contributed by atoms with van der Waals surface area (Å²) in [6.45, 7) is 1.68. The molecular formula is C15H15N3O5. The molecule has 1 aliphatic rings. The zero-order valence-corrected chi connectivity index (χ0v) is 12.4. The summed E-state index contributed by atoms with van der Waals surface area (Å²) in [7, 11) is 0. The van der Waals surface area contributed by atoms with Gasteiger partial charge >= 0.3 is 5.97 Å².